The van der Waals surface area contributed by atoms with Gasteiger partial charge in [-0.3, -0.25) is 9.69 Å². The molecule has 1 saturated heterocycles. The van der Waals surface area contributed by atoms with E-state index < -0.39 is 0 Å². The number of amides is 1. The van der Waals surface area contributed by atoms with Crippen molar-refractivity contribution in [2.24, 2.45) is 0 Å². The number of anilines is 1. The molecule has 0 aromatic heterocycles. The van der Waals surface area contributed by atoms with Crippen LogP contribution in [0.2, 0.25) is 0 Å². The number of methoxy groups -OCH3 is 1. The molecule has 4 heteroatoms. The van der Waals surface area contributed by atoms with Crippen LogP contribution in [0.15, 0.2) is 54.6 Å². The lowest BCUT2D eigenvalue weighted by atomic mass is 10.1. The molecule has 3 nitrogen and oxygen atoms in total. The number of hydrogen-bond acceptors (Lipinski definition) is 3. The van der Waals surface area contributed by atoms with Crippen molar-refractivity contribution in [1.82, 2.24) is 0 Å². The highest BCUT2D eigenvalue weighted by Crippen LogP contribution is 2.47. The monoisotopic (exact) mass is 299 g/mol. The summed E-state index contributed by atoms with van der Waals surface area (Å²) in [5, 5.41) is -0.0647. The summed E-state index contributed by atoms with van der Waals surface area (Å²) < 4.78 is 5.42. The number of thioether (sulfide) groups is 1. The Balaban J connectivity index is 2.06. The van der Waals surface area contributed by atoms with Crippen LogP contribution in [0.1, 0.15) is 17.9 Å². The highest BCUT2D eigenvalue weighted by atomic mass is 32.2. The third-order valence-electron chi connectivity index (χ3n) is 3.58. The van der Waals surface area contributed by atoms with E-state index in [4.69, 9.17) is 4.74 Å². The zero-order valence-corrected chi connectivity index (χ0v) is 12.8. The van der Waals surface area contributed by atoms with Crippen molar-refractivity contribution < 1.29 is 9.53 Å². The van der Waals surface area contributed by atoms with Gasteiger partial charge in [0.15, 0.2) is 0 Å². The molecule has 0 N–H and O–H groups in total. The molecule has 2 atom stereocenters. The summed E-state index contributed by atoms with van der Waals surface area (Å²) in [6, 6.07) is 17.8. The Kier molecular flexibility index (Phi) is 3.88. The first-order valence-corrected chi connectivity index (χ1v) is 7.83. The number of carbonyl (C=O) groups is 1. The fraction of sp³-hybridized carbons (Fsp3) is 0.235. The Bertz CT molecular complexity index is 644. The first-order chi connectivity index (χ1) is 10.2. The lowest BCUT2D eigenvalue weighted by Gasteiger charge is -2.25. The van der Waals surface area contributed by atoms with Crippen molar-refractivity contribution in [3.05, 3.63) is 60.2 Å². The number of ether oxygens (including phenoxy) is 1. The van der Waals surface area contributed by atoms with Crippen LogP contribution in [-0.2, 0) is 4.79 Å². The van der Waals surface area contributed by atoms with Crippen LogP contribution in [0.3, 0.4) is 0 Å². The first-order valence-electron chi connectivity index (χ1n) is 6.89. The summed E-state index contributed by atoms with van der Waals surface area (Å²) in [6.45, 7) is 1.96. The van der Waals surface area contributed by atoms with Gasteiger partial charge in [0.05, 0.1) is 18.0 Å². The van der Waals surface area contributed by atoms with Gasteiger partial charge in [-0.1, -0.05) is 42.5 Å². The van der Waals surface area contributed by atoms with E-state index in [0.717, 1.165) is 17.0 Å². The minimum absolute atomic E-state index is 0.00926. The van der Waals surface area contributed by atoms with E-state index in [1.165, 1.54) is 0 Å². The zero-order chi connectivity index (χ0) is 14.8. The summed E-state index contributed by atoms with van der Waals surface area (Å²) in [6.07, 6.45) is 0. The van der Waals surface area contributed by atoms with Crippen molar-refractivity contribution in [2.75, 3.05) is 12.0 Å². The average Bonchev–Trinajstić information content (AvgIpc) is 2.83. The fourth-order valence-corrected chi connectivity index (χ4v) is 3.81. The molecule has 1 amide bonds. The highest BCUT2D eigenvalue weighted by molar-refractivity contribution is 8.01. The maximum Gasteiger partial charge on any atom is 0.241 e. The third-order valence-corrected chi connectivity index (χ3v) is 4.93. The Morgan fingerprint density at radius 1 is 1.05 bits per heavy atom. The lowest BCUT2D eigenvalue weighted by Crippen LogP contribution is -2.30. The minimum atomic E-state index is -0.0554. The zero-order valence-electron chi connectivity index (χ0n) is 12.0. The van der Waals surface area contributed by atoms with E-state index in [9.17, 15) is 4.79 Å². The molecule has 2 aromatic rings. The number of carbonyl (C=O) groups excluding carboxylic acids is 1. The molecule has 1 fully saturated rings. The molecule has 0 aliphatic carbocycles. The Morgan fingerprint density at radius 3 is 2.43 bits per heavy atom. The molecule has 3 rings (SSSR count). The van der Waals surface area contributed by atoms with Gasteiger partial charge in [0.1, 0.15) is 11.1 Å². The van der Waals surface area contributed by atoms with Crippen LogP contribution in [0.4, 0.5) is 5.69 Å². The van der Waals surface area contributed by atoms with Crippen LogP contribution in [0, 0.1) is 0 Å². The highest BCUT2D eigenvalue weighted by Gasteiger charge is 2.40. The maximum atomic E-state index is 12.6. The second-order valence-electron chi connectivity index (χ2n) is 4.92. The van der Waals surface area contributed by atoms with Crippen LogP contribution < -0.4 is 9.64 Å². The van der Waals surface area contributed by atoms with Gasteiger partial charge < -0.3 is 4.74 Å². The molecule has 1 aliphatic heterocycles. The molecule has 21 heavy (non-hydrogen) atoms. The number of nitrogens with zero attached hydrogens (tertiary/aromatic N) is 1. The van der Waals surface area contributed by atoms with Gasteiger partial charge in [-0.2, -0.15) is 0 Å². The fourth-order valence-electron chi connectivity index (χ4n) is 2.54. The van der Waals surface area contributed by atoms with Crippen molar-refractivity contribution in [3.8, 4) is 5.75 Å². The predicted molar refractivity (Wildman–Crippen MR) is 86.7 cm³/mol. The molecule has 1 heterocycles. The number of hydrogen-bond donors (Lipinski definition) is 0. The molecule has 0 saturated carbocycles. The second-order valence-corrected chi connectivity index (χ2v) is 6.35. The van der Waals surface area contributed by atoms with Crippen LogP contribution >= 0.6 is 11.8 Å². The Morgan fingerprint density at radius 2 is 1.71 bits per heavy atom. The lowest BCUT2D eigenvalue weighted by molar-refractivity contribution is -0.117. The second kappa shape index (κ2) is 5.82. The molecule has 1 aliphatic rings. The number of benzene rings is 2. The summed E-state index contributed by atoms with van der Waals surface area (Å²) >= 11 is 1.67. The SMILES string of the molecule is COc1ccccc1N1C(=O)C(C)SC1c1ccccc1. The van der Waals surface area contributed by atoms with E-state index in [1.54, 1.807) is 18.9 Å². The van der Waals surface area contributed by atoms with Crippen molar-refractivity contribution in [3.63, 3.8) is 0 Å². The molecule has 0 spiro atoms. The van der Waals surface area contributed by atoms with E-state index in [-0.39, 0.29) is 16.5 Å². The molecule has 108 valence electrons. The van der Waals surface area contributed by atoms with Crippen molar-refractivity contribution in [2.45, 2.75) is 17.5 Å². The van der Waals surface area contributed by atoms with Gasteiger partial charge in [0, 0.05) is 0 Å². The molecular weight excluding hydrogens is 282 g/mol. The molecule has 2 unspecified atom stereocenters. The minimum Gasteiger partial charge on any atom is -0.495 e. The van der Waals surface area contributed by atoms with Crippen LogP contribution in [-0.4, -0.2) is 18.3 Å². The predicted octanol–water partition coefficient (Wildman–Crippen LogP) is 3.86. The van der Waals surface area contributed by atoms with Gasteiger partial charge in [0.2, 0.25) is 5.91 Å². The molecule has 0 radical (unpaired) electrons. The van der Waals surface area contributed by atoms with Gasteiger partial charge in [-0.15, -0.1) is 11.8 Å². The van der Waals surface area contributed by atoms with Crippen molar-refractivity contribution in [1.29, 1.82) is 0 Å². The summed E-state index contributed by atoms with van der Waals surface area (Å²) in [5.74, 6) is 0.847. The standard InChI is InChI=1S/C17H17NO2S/c1-12-16(19)18(14-10-6-7-11-15(14)20-2)17(21-12)13-8-4-3-5-9-13/h3-12,17H,1-2H3. The third kappa shape index (κ3) is 2.51. The van der Waals surface area contributed by atoms with E-state index in [1.807, 2.05) is 54.3 Å². The summed E-state index contributed by atoms with van der Waals surface area (Å²) in [4.78, 5) is 14.5. The van der Waals surface area contributed by atoms with E-state index >= 15 is 0 Å². The van der Waals surface area contributed by atoms with Gasteiger partial charge in [0.25, 0.3) is 0 Å². The smallest absolute Gasteiger partial charge is 0.241 e. The first kappa shape index (κ1) is 14.0. The topological polar surface area (TPSA) is 29.5 Å². The van der Waals surface area contributed by atoms with Crippen LogP contribution in [0.5, 0.6) is 5.75 Å². The number of rotatable bonds is 3. The van der Waals surface area contributed by atoms with Gasteiger partial charge in [-0.25, -0.2) is 0 Å². The summed E-state index contributed by atoms with van der Waals surface area (Å²) in [5.41, 5.74) is 1.96. The molecular formula is C17H17NO2S. The number of para-hydroxylation sites is 2. The quantitative estimate of drug-likeness (QED) is 0.862. The largest absolute Gasteiger partial charge is 0.495 e. The normalized spacial score (nSPS) is 21.6. The van der Waals surface area contributed by atoms with Crippen LogP contribution in [0.25, 0.3) is 0 Å². The summed E-state index contributed by atoms with van der Waals surface area (Å²) in [7, 11) is 1.63. The molecule has 2 aromatic carbocycles. The Hall–Kier alpha value is -1.94. The Labute approximate surface area is 128 Å². The van der Waals surface area contributed by atoms with E-state index in [2.05, 4.69) is 12.1 Å². The van der Waals surface area contributed by atoms with Gasteiger partial charge >= 0.3 is 0 Å². The van der Waals surface area contributed by atoms with Crippen molar-refractivity contribution >= 4 is 23.4 Å². The average molecular weight is 299 g/mol. The molecule has 0 bridgehead atoms. The maximum absolute atomic E-state index is 12.6. The van der Waals surface area contributed by atoms with Gasteiger partial charge in [-0.05, 0) is 24.6 Å². The van der Waals surface area contributed by atoms with E-state index in [0.29, 0.717) is 0 Å².